The zero-order chi connectivity index (χ0) is 63.2. The molecular weight excluding hydrogens is 1050 g/mol. The van der Waals surface area contributed by atoms with Crippen LogP contribution in [0.4, 0.5) is 26.3 Å². The summed E-state index contributed by atoms with van der Waals surface area (Å²) in [6, 6.07) is 0. The van der Waals surface area contributed by atoms with Gasteiger partial charge in [0.2, 0.25) is 0 Å². The third-order valence-corrected chi connectivity index (χ3v) is 11.8. The van der Waals surface area contributed by atoms with Crippen molar-refractivity contribution in [3.05, 3.63) is 0 Å². The second-order valence-electron chi connectivity index (χ2n) is 22.9. The van der Waals surface area contributed by atoms with Gasteiger partial charge in [0.25, 0.3) is 0 Å². The molecule has 5 aliphatic heterocycles. The lowest BCUT2D eigenvalue weighted by molar-refractivity contribution is -0.273. The van der Waals surface area contributed by atoms with Gasteiger partial charge in [-0.25, -0.2) is 0 Å². The largest absolute Gasteiger partial charge is 0.479 e. The van der Waals surface area contributed by atoms with Crippen molar-refractivity contribution >= 4 is 17.5 Å². The summed E-state index contributed by atoms with van der Waals surface area (Å²) in [7, 11) is 12.4. The Kier molecular flexibility index (Phi) is 88.6. The van der Waals surface area contributed by atoms with E-state index in [1.54, 1.807) is 7.11 Å². The second kappa shape index (κ2) is 72.3. The van der Waals surface area contributed by atoms with E-state index in [0.29, 0.717) is 18.7 Å². The van der Waals surface area contributed by atoms with Crippen molar-refractivity contribution in [2.75, 3.05) is 148 Å². The van der Waals surface area contributed by atoms with E-state index < -0.39 is 12.1 Å². The predicted octanol–water partition coefficient (Wildman–Crippen LogP) is 17.5. The smallest absolute Gasteiger partial charge is 0.452 e. The summed E-state index contributed by atoms with van der Waals surface area (Å²) in [5.41, 5.74) is 0.500. The Morgan fingerprint density at radius 2 is 1.02 bits per heavy atom. The molecule has 5 heterocycles. The van der Waals surface area contributed by atoms with Crippen LogP contribution in [0.15, 0.2) is 4.99 Å². The Balaban J connectivity index is -0.0000000978. The molecular formula is C63H141ClF6N6O4. The fourth-order valence-electron chi connectivity index (χ4n) is 6.35. The van der Waals surface area contributed by atoms with Crippen molar-refractivity contribution in [2.45, 2.75) is 233 Å². The van der Waals surface area contributed by atoms with Crippen molar-refractivity contribution in [3.63, 3.8) is 0 Å². The van der Waals surface area contributed by atoms with E-state index in [-0.39, 0.29) is 14.4 Å². The molecule has 10 nitrogen and oxygen atoms in total. The van der Waals surface area contributed by atoms with Gasteiger partial charge in [-0.15, -0.1) is 11.6 Å². The van der Waals surface area contributed by atoms with Gasteiger partial charge in [-0.1, -0.05) is 161 Å². The molecule has 7 aliphatic rings. The van der Waals surface area contributed by atoms with E-state index in [0.717, 1.165) is 95.3 Å². The molecule has 2 N–H and O–H groups in total. The number of halogens is 7. The van der Waals surface area contributed by atoms with Crippen LogP contribution in [0.1, 0.15) is 215 Å². The molecule has 0 spiro atoms. The Labute approximate surface area is 500 Å². The van der Waals surface area contributed by atoms with Crippen molar-refractivity contribution in [2.24, 2.45) is 34.1 Å². The average Bonchev–Trinajstić information content (AvgIpc) is 4.27. The molecule has 1 atom stereocenters. The summed E-state index contributed by atoms with van der Waals surface area (Å²) in [6.07, 6.45) is 17.9. The third kappa shape index (κ3) is 99.1. The van der Waals surface area contributed by atoms with Crippen LogP contribution in [-0.2, 0) is 18.9 Å². The van der Waals surface area contributed by atoms with Crippen molar-refractivity contribution < 1.29 is 45.3 Å². The first kappa shape index (κ1) is 98.1. The quantitative estimate of drug-likeness (QED) is 0.212. The van der Waals surface area contributed by atoms with Gasteiger partial charge in [0, 0.05) is 79.8 Å². The zero-order valence-electron chi connectivity index (χ0n) is 56.5. The molecule has 17 heteroatoms. The molecule has 2 saturated carbocycles. The summed E-state index contributed by atoms with van der Waals surface area (Å²) >= 11 is 4.64. The van der Waals surface area contributed by atoms with Crippen LogP contribution in [0.2, 0.25) is 0 Å². The van der Waals surface area contributed by atoms with E-state index in [1.165, 1.54) is 129 Å². The summed E-state index contributed by atoms with van der Waals surface area (Å²) in [6.45, 7) is 47.3. The van der Waals surface area contributed by atoms with E-state index >= 15 is 0 Å². The maximum absolute atomic E-state index is 11.1. The van der Waals surface area contributed by atoms with Crippen LogP contribution < -0.4 is 10.6 Å². The third-order valence-electron chi connectivity index (χ3n) is 11.8. The maximum Gasteiger partial charge on any atom is 0.452 e. The Morgan fingerprint density at radius 1 is 0.662 bits per heavy atom. The SMILES string of the molecule is C.CC(C)(C)C.CC(F)(F)C(F)(F)F.CC1=NCCO1.CC1CCCC1.CC1CCCO1.CCC.CCC(C)C.CCC1CCC(C)CC1.CCOC.CCl.CF.CN1CCCC1.CN1CCNCC1.CN1CCOCC1.CNC. The number of piperazine rings is 1. The number of alkyl halides is 7. The first-order chi connectivity index (χ1) is 37.0. The molecule has 4 saturated heterocycles. The zero-order valence-corrected chi connectivity index (χ0v) is 57.2. The second-order valence-corrected chi connectivity index (χ2v) is 22.9. The lowest BCUT2D eigenvalue weighted by Gasteiger charge is -2.24. The number of rotatable bonds is 3. The summed E-state index contributed by atoms with van der Waals surface area (Å²) < 4.78 is 83.8. The van der Waals surface area contributed by atoms with E-state index in [1.807, 2.05) is 27.9 Å². The van der Waals surface area contributed by atoms with Gasteiger partial charge in [-0.2, -0.15) is 22.0 Å². The fourth-order valence-corrected chi connectivity index (χ4v) is 6.35. The number of aliphatic imine (C=N–C) groups is 1. The summed E-state index contributed by atoms with van der Waals surface area (Å²) in [5, 5.41) is 6.02. The summed E-state index contributed by atoms with van der Waals surface area (Å²) in [5.74, 6) is 0.288. The van der Waals surface area contributed by atoms with E-state index in [2.05, 4.69) is 158 Å². The lowest BCUT2D eigenvalue weighted by Crippen LogP contribution is -2.40. The van der Waals surface area contributed by atoms with Gasteiger partial charge in [-0.05, 0) is 117 Å². The average molecular weight is 1200 g/mol. The molecule has 6 fully saturated rings. The first-order valence-electron chi connectivity index (χ1n) is 30.3. The molecule has 0 bridgehead atoms. The number of hydrogen-bond donors (Lipinski definition) is 2. The maximum atomic E-state index is 11.1. The monoisotopic (exact) mass is 1200 g/mol. The van der Waals surface area contributed by atoms with Crippen molar-refractivity contribution in [1.82, 2.24) is 25.3 Å². The topological polar surface area (TPSA) is 83.1 Å². The fraction of sp³-hybridized carbons (Fsp3) is 0.984. The molecule has 7 rings (SSSR count). The molecule has 2 aliphatic carbocycles. The summed E-state index contributed by atoms with van der Waals surface area (Å²) in [4.78, 5) is 10.9. The number of nitrogens with zero attached hydrogens (tertiary/aromatic N) is 4. The van der Waals surface area contributed by atoms with Crippen molar-refractivity contribution in [3.8, 4) is 0 Å². The molecule has 0 aromatic heterocycles. The van der Waals surface area contributed by atoms with Crippen LogP contribution in [0.3, 0.4) is 0 Å². The van der Waals surface area contributed by atoms with E-state index in [9.17, 15) is 26.3 Å². The molecule has 80 heavy (non-hydrogen) atoms. The minimum atomic E-state index is -5.40. The first-order valence-corrected chi connectivity index (χ1v) is 31.1. The van der Waals surface area contributed by atoms with Crippen LogP contribution in [-0.4, -0.2) is 187 Å². The molecule has 0 aromatic rings. The molecule has 1 unspecified atom stereocenters. The lowest BCUT2D eigenvalue weighted by atomic mass is 9.82. The van der Waals surface area contributed by atoms with Gasteiger partial charge in [0.1, 0.15) is 6.61 Å². The number of methoxy groups -OCH3 is 1. The minimum Gasteiger partial charge on any atom is -0.479 e. The number of nitrogens with one attached hydrogen (secondary N) is 2. The van der Waals surface area contributed by atoms with Crippen LogP contribution in [0.25, 0.3) is 0 Å². The minimum absolute atomic E-state index is 0. The van der Waals surface area contributed by atoms with Crippen molar-refractivity contribution in [1.29, 1.82) is 0 Å². The molecule has 0 amide bonds. The van der Waals surface area contributed by atoms with Crippen LogP contribution in [0, 0.1) is 29.1 Å². The predicted molar refractivity (Wildman–Crippen MR) is 344 cm³/mol. The highest BCUT2D eigenvalue weighted by Crippen LogP contribution is 2.34. The van der Waals surface area contributed by atoms with Gasteiger partial charge in [0.15, 0.2) is 5.90 Å². The number of ether oxygens (including phenoxy) is 4. The Bertz CT molecular complexity index is 1030. The Morgan fingerprint density at radius 3 is 1.18 bits per heavy atom. The van der Waals surface area contributed by atoms with Gasteiger partial charge in [0.05, 0.1) is 33.0 Å². The highest BCUT2D eigenvalue weighted by Gasteiger charge is 2.53. The molecule has 496 valence electrons. The van der Waals surface area contributed by atoms with Crippen LogP contribution in [0.5, 0.6) is 0 Å². The number of likely N-dealkylation sites (tertiary alicyclic amines) is 1. The standard InChI is InChI=1S/C9H18.C6H12.C5H12N2.C5H11NO.C5H11N.C5H10O.2C5H12.C4H7NO.C3H3F5.C3H8O.C3H8.C2H7N.CH3Cl.CH3F.CH4/c1-3-9-6-4-8(2)5-7-9;1-6-4-2-3-5-6;1-7-4-2-6-3-5-7;1-6-2-4-7-5-3-6;1-6-4-2-3-5-6;1-5-3-2-4-6-5;1-5(2,3)4;1-4-5(2)3;1-4-5-2-3-6-4;1-2(4,5)3(6,7)8;1-3-4-2;2*1-3-2;2*1-2;/h8-9H,3-7H2,1-2H3;6H,2-5H2,1H3;6H,2-5H2,1H3;2-5H2,1H3;2-5H2,1H3;5H,2-4H2,1H3;1-4H3;5H,4H2,1-3H3;2-3H2,1H3;1H3;3H2,1-2H3;3H2,1-2H3;3H,1-2H3;2*1H3;1H4. The highest BCUT2D eigenvalue weighted by atomic mass is 35.5. The number of morpholine rings is 1. The molecule has 0 aromatic carbocycles. The molecule has 0 radical (unpaired) electrons. The normalized spacial score (nSPS) is 20.2. The van der Waals surface area contributed by atoms with E-state index in [4.69, 9.17) is 14.2 Å². The van der Waals surface area contributed by atoms with Crippen LogP contribution >= 0.6 is 11.6 Å². The van der Waals surface area contributed by atoms with Gasteiger partial charge >= 0.3 is 12.1 Å². The highest BCUT2D eigenvalue weighted by molar-refractivity contribution is 6.15. The number of likely N-dealkylation sites (N-methyl/N-ethyl adjacent to an activating group) is 2. The number of hydrogen-bond acceptors (Lipinski definition) is 10. The van der Waals surface area contributed by atoms with Gasteiger partial charge < -0.3 is 44.3 Å². The van der Waals surface area contributed by atoms with Gasteiger partial charge in [-0.3, -0.25) is 9.38 Å². The Hall–Kier alpha value is -0.980.